The number of hydrogen-bond acceptors (Lipinski definition) is 7. The van der Waals surface area contributed by atoms with E-state index in [0.29, 0.717) is 5.75 Å². The van der Waals surface area contributed by atoms with E-state index in [2.05, 4.69) is 47.0 Å². The minimum absolute atomic E-state index is 0.115. The molecular formula is C31H36N2O4S. The van der Waals surface area contributed by atoms with Gasteiger partial charge in [-0.15, -0.1) is 11.8 Å². The zero-order valence-corrected chi connectivity index (χ0v) is 23.2. The molecule has 1 aliphatic rings. The minimum atomic E-state index is -0.776. The Morgan fingerprint density at radius 3 is 1.79 bits per heavy atom. The van der Waals surface area contributed by atoms with Gasteiger partial charge >= 0.3 is 11.9 Å². The first-order valence-electron chi connectivity index (χ1n) is 12.8. The zero-order chi connectivity index (χ0) is 27.2. The summed E-state index contributed by atoms with van der Waals surface area (Å²) in [6.07, 6.45) is 0.115. The number of carbonyl (C=O) groups excluding carboxylic acids is 2. The van der Waals surface area contributed by atoms with Crippen molar-refractivity contribution in [2.45, 2.75) is 55.8 Å². The van der Waals surface area contributed by atoms with Crippen molar-refractivity contribution in [3.05, 3.63) is 108 Å². The van der Waals surface area contributed by atoms with Gasteiger partial charge in [0.1, 0.15) is 11.6 Å². The van der Waals surface area contributed by atoms with Crippen LogP contribution in [0, 0.1) is 0 Å². The molecule has 1 heterocycles. The molecular weight excluding hydrogens is 496 g/mol. The summed E-state index contributed by atoms with van der Waals surface area (Å²) >= 11 is 1.61. The van der Waals surface area contributed by atoms with Crippen LogP contribution in [0.4, 0.5) is 0 Å². The maximum atomic E-state index is 13.2. The van der Waals surface area contributed by atoms with Crippen molar-refractivity contribution in [3.63, 3.8) is 0 Å². The minimum Gasteiger partial charge on any atom is -0.468 e. The molecule has 4 rings (SSSR count). The molecule has 1 aliphatic heterocycles. The van der Waals surface area contributed by atoms with Gasteiger partial charge in [-0.3, -0.25) is 20.2 Å². The molecule has 2 N–H and O–H groups in total. The Labute approximate surface area is 229 Å². The van der Waals surface area contributed by atoms with Crippen LogP contribution >= 0.6 is 11.8 Å². The maximum Gasteiger partial charge on any atom is 0.323 e. The molecule has 1 fully saturated rings. The van der Waals surface area contributed by atoms with Gasteiger partial charge in [-0.25, -0.2) is 0 Å². The van der Waals surface area contributed by atoms with E-state index in [1.807, 2.05) is 75.4 Å². The van der Waals surface area contributed by atoms with E-state index in [1.165, 1.54) is 7.11 Å². The summed E-state index contributed by atoms with van der Waals surface area (Å²) in [7, 11) is 1.39. The number of esters is 2. The fraction of sp³-hybridized carbons (Fsp3) is 0.355. The lowest BCUT2D eigenvalue weighted by Gasteiger charge is -2.41. The average molecular weight is 533 g/mol. The SMILES string of the molecule is COC(=O)[C@@H]1CS[C@@H]([C@H](CC(=O)OC(C)(C)C)NC(c2ccccc2)(c2ccccc2)c2ccccc2)N1. The summed E-state index contributed by atoms with van der Waals surface area (Å²) in [5, 5.41) is 7.09. The molecule has 3 aromatic carbocycles. The number of thioether (sulfide) groups is 1. The van der Waals surface area contributed by atoms with Gasteiger partial charge in [0.2, 0.25) is 0 Å². The van der Waals surface area contributed by atoms with E-state index in [1.54, 1.807) is 11.8 Å². The smallest absolute Gasteiger partial charge is 0.323 e. The molecule has 0 unspecified atom stereocenters. The Kier molecular flexibility index (Phi) is 8.92. The highest BCUT2D eigenvalue weighted by Crippen LogP contribution is 2.39. The zero-order valence-electron chi connectivity index (χ0n) is 22.3. The fourth-order valence-electron chi connectivity index (χ4n) is 4.89. The van der Waals surface area contributed by atoms with Crippen LogP contribution in [0.2, 0.25) is 0 Å². The Morgan fingerprint density at radius 2 is 1.37 bits per heavy atom. The van der Waals surface area contributed by atoms with Gasteiger partial charge in [0.05, 0.1) is 24.4 Å². The molecule has 0 spiro atoms. The summed E-state index contributed by atoms with van der Waals surface area (Å²) in [5.74, 6) is -0.0581. The highest BCUT2D eigenvalue weighted by Gasteiger charge is 2.43. The van der Waals surface area contributed by atoms with Crippen molar-refractivity contribution in [2.24, 2.45) is 0 Å². The van der Waals surface area contributed by atoms with E-state index in [9.17, 15) is 9.59 Å². The number of methoxy groups -OCH3 is 1. The molecule has 7 heteroatoms. The molecule has 3 atom stereocenters. The van der Waals surface area contributed by atoms with Crippen molar-refractivity contribution in [3.8, 4) is 0 Å². The van der Waals surface area contributed by atoms with Gasteiger partial charge in [-0.2, -0.15) is 0 Å². The normalized spacial score (nSPS) is 18.5. The third-order valence-electron chi connectivity index (χ3n) is 6.49. The number of benzene rings is 3. The highest BCUT2D eigenvalue weighted by atomic mass is 32.2. The number of hydrogen-bond donors (Lipinski definition) is 2. The lowest BCUT2D eigenvalue weighted by molar-refractivity contribution is -0.155. The van der Waals surface area contributed by atoms with Gasteiger partial charge in [-0.1, -0.05) is 91.0 Å². The predicted octanol–water partition coefficient (Wildman–Crippen LogP) is 4.87. The Hall–Kier alpha value is -3.13. The Morgan fingerprint density at radius 1 is 0.895 bits per heavy atom. The molecule has 3 aromatic rings. The van der Waals surface area contributed by atoms with Crippen LogP contribution in [0.3, 0.4) is 0 Å². The molecule has 0 aromatic heterocycles. The number of rotatable bonds is 9. The van der Waals surface area contributed by atoms with Crippen LogP contribution in [-0.4, -0.2) is 47.9 Å². The average Bonchev–Trinajstić information content (AvgIpc) is 3.41. The third-order valence-corrected chi connectivity index (χ3v) is 7.84. The van der Waals surface area contributed by atoms with Gasteiger partial charge in [0.15, 0.2) is 0 Å². The van der Waals surface area contributed by atoms with E-state index >= 15 is 0 Å². The van der Waals surface area contributed by atoms with E-state index in [4.69, 9.17) is 9.47 Å². The van der Waals surface area contributed by atoms with E-state index < -0.39 is 17.2 Å². The largest absolute Gasteiger partial charge is 0.468 e. The summed E-state index contributed by atoms with van der Waals surface area (Å²) in [5.41, 5.74) is 1.74. The van der Waals surface area contributed by atoms with Crippen molar-refractivity contribution in [1.82, 2.24) is 10.6 Å². The van der Waals surface area contributed by atoms with Crippen molar-refractivity contribution < 1.29 is 19.1 Å². The van der Waals surface area contributed by atoms with Crippen molar-refractivity contribution >= 4 is 23.7 Å². The highest BCUT2D eigenvalue weighted by molar-refractivity contribution is 8.00. The van der Waals surface area contributed by atoms with Crippen LogP contribution in [0.25, 0.3) is 0 Å². The monoisotopic (exact) mass is 532 g/mol. The van der Waals surface area contributed by atoms with Gasteiger partial charge in [-0.05, 0) is 37.5 Å². The van der Waals surface area contributed by atoms with E-state index in [-0.39, 0.29) is 29.8 Å². The molecule has 0 saturated carbocycles. The Bertz CT molecular complexity index is 1100. The van der Waals surface area contributed by atoms with Crippen LogP contribution in [0.1, 0.15) is 43.9 Å². The third kappa shape index (κ3) is 6.46. The number of ether oxygens (including phenoxy) is 2. The predicted molar refractivity (Wildman–Crippen MR) is 152 cm³/mol. The molecule has 0 bridgehead atoms. The summed E-state index contributed by atoms with van der Waals surface area (Å²) < 4.78 is 10.7. The second kappa shape index (κ2) is 12.2. The molecule has 38 heavy (non-hydrogen) atoms. The standard InChI is InChI=1S/C31H36N2O4S/c1-30(2,3)37-27(34)20-25(28-32-26(21-38-28)29(35)36-4)33-31(22-14-8-5-9-15-22,23-16-10-6-11-17-23)24-18-12-7-13-19-24/h5-19,25-26,28,32-33H,20-21H2,1-4H3/t25-,26-,28-/m0/s1. The topological polar surface area (TPSA) is 76.7 Å². The number of carbonyl (C=O) groups is 2. The fourth-order valence-corrected chi connectivity index (χ4v) is 6.18. The van der Waals surface area contributed by atoms with Crippen molar-refractivity contribution in [2.75, 3.05) is 12.9 Å². The van der Waals surface area contributed by atoms with Crippen LogP contribution < -0.4 is 10.6 Å². The van der Waals surface area contributed by atoms with Crippen LogP contribution in [0.15, 0.2) is 91.0 Å². The first kappa shape index (κ1) is 27.9. The molecule has 1 saturated heterocycles. The van der Waals surface area contributed by atoms with Crippen LogP contribution in [-0.2, 0) is 24.6 Å². The Balaban J connectivity index is 1.83. The molecule has 200 valence electrons. The molecule has 0 amide bonds. The lowest BCUT2D eigenvalue weighted by atomic mass is 9.76. The first-order chi connectivity index (χ1) is 18.2. The van der Waals surface area contributed by atoms with Crippen LogP contribution in [0.5, 0.6) is 0 Å². The number of nitrogens with one attached hydrogen (secondary N) is 2. The van der Waals surface area contributed by atoms with Gasteiger partial charge in [0.25, 0.3) is 0 Å². The van der Waals surface area contributed by atoms with E-state index in [0.717, 1.165) is 16.7 Å². The van der Waals surface area contributed by atoms with Gasteiger partial charge in [0, 0.05) is 11.8 Å². The molecule has 6 nitrogen and oxygen atoms in total. The summed E-state index contributed by atoms with van der Waals surface area (Å²) in [4.78, 5) is 25.5. The second-order valence-electron chi connectivity index (χ2n) is 10.4. The molecule has 0 aliphatic carbocycles. The quantitative estimate of drug-likeness (QED) is 0.301. The summed E-state index contributed by atoms with van der Waals surface area (Å²) in [6, 6.07) is 29.9. The maximum absolute atomic E-state index is 13.2. The van der Waals surface area contributed by atoms with Gasteiger partial charge < -0.3 is 9.47 Å². The van der Waals surface area contributed by atoms with Crippen molar-refractivity contribution in [1.29, 1.82) is 0 Å². The molecule has 0 radical (unpaired) electrons. The first-order valence-corrected chi connectivity index (χ1v) is 13.9. The lowest BCUT2D eigenvalue weighted by Crippen LogP contribution is -2.57. The summed E-state index contributed by atoms with van der Waals surface area (Å²) in [6.45, 7) is 5.60. The second-order valence-corrected chi connectivity index (χ2v) is 11.6.